The lowest BCUT2D eigenvalue weighted by Crippen LogP contribution is -2.53. The molecule has 2 rings (SSSR count). The summed E-state index contributed by atoms with van der Waals surface area (Å²) in [5, 5.41) is 11.4. The molecule has 0 heterocycles. The smallest absolute Gasteiger partial charge is 0.130 e. The fourth-order valence-corrected chi connectivity index (χ4v) is 2.54. The van der Waals surface area contributed by atoms with Gasteiger partial charge in [0.2, 0.25) is 0 Å². The van der Waals surface area contributed by atoms with Gasteiger partial charge in [-0.2, -0.15) is 0 Å². The van der Waals surface area contributed by atoms with Gasteiger partial charge in [-0.25, -0.2) is 0 Å². The van der Waals surface area contributed by atoms with Crippen LogP contribution >= 0.6 is 0 Å². The van der Waals surface area contributed by atoms with E-state index in [4.69, 9.17) is 5.73 Å². The van der Waals surface area contributed by atoms with Gasteiger partial charge in [-0.05, 0) is 16.5 Å². The second-order valence-electron chi connectivity index (χ2n) is 6.34. The van der Waals surface area contributed by atoms with Crippen LogP contribution in [0.15, 0.2) is 60.7 Å². The van der Waals surface area contributed by atoms with Gasteiger partial charge in [0.25, 0.3) is 0 Å². The van der Waals surface area contributed by atoms with Crippen LogP contribution in [-0.2, 0) is 5.60 Å². The molecule has 0 aliphatic carbocycles. The molecule has 0 spiro atoms. The summed E-state index contributed by atoms with van der Waals surface area (Å²) in [6.07, 6.45) is 0. The summed E-state index contributed by atoms with van der Waals surface area (Å²) in [5.74, 6) is 0. The molecule has 2 aromatic rings. The monoisotopic (exact) mass is 269 g/mol. The molecule has 0 saturated heterocycles. The van der Waals surface area contributed by atoms with E-state index in [0.29, 0.717) is 0 Å². The zero-order valence-corrected chi connectivity index (χ0v) is 12.4. The van der Waals surface area contributed by atoms with E-state index in [0.717, 1.165) is 11.1 Å². The van der Waals surface area contributed by atoms with Crippen molar-refractivity contribution in [3.63, 3.8) is 0 Å². The maximum atomic E-state index is 11.4. The summed E-state index contributed by atoms with van der Waals surface area (Å²) in [4.78, 5) is 0. The Morgan fingerprint density at radius 1 is 0.800 bits per heavy atom. The Morgan fingerprint density at radius 3 is 1.45 bits per heavy atom. The van der Waals surface area contributed by atoms with E-state index in [2.05, 4.69) is 20.8 Å². The minimum absolute atomic E-state index is 0.222. The highest BCUT2D eigenvalue weighted by molar-refractivity contribution is 5.38. The number of benzene rings is 2. The lowest BCUT2D eigenvalue weighted by atomic mass is 9.70. The summed E-state index contributed by atoms with van der Waals surface area (Å²) < 4.78 is 0. The van der Waals surface area contributed by atoms with E-state index < -0.39 is 11.6 Å². The SMILES string of the molecule is CC(C)(C)[C@H](N)C(O)(c1ccccc1)c1ccccc1. The molecule has 0 saturated carbocycles. The molecular formula is C18H23NO. The zero-order chi connectivity index (χ0) is 14.8. The van der Waals surface area contributed by atoms with Crippen molar-refractivity contribution in [1.82, 2.24) is 0 Å². The Bertz CT molecular complexity index is 503. The molecular weight excluding hydrogens is 246 g/mol. The molecule has 0 bridgehead atoms. The van der Waals surface area contributed by atoms with Gasteiger partial charge in [0.1, 0.15) is 5.60 Å². The fraction of sp³-hybridized carbons (Fsp3) is 0.333. The minimum Gasteiger partial charge on any atom is -0.379 e. The summed E-state index contributed by atoms with van der Waals surface area (Å²) in [6, 6.07) is 18.9. The van der Waals surface area contributed by atoms with E-state index in [9.17, 15) is 5.11 Å². The normalized spacial score (nSPS) is 14.1. The Balaban J connectivity index is 2.61. The second-order valence-corrected chi connectivity index (χ2v) is 6.34. The molecule has 3 N–H and O–H groups in total. The molecule has 0 unspecified atom stereocenters. The van der Waals surface area contributed by atoms with E-state index in [-0.39, 0.29) is 5.41 Å². The van der Waals surface area contributed by atoms with Crippen LogP contribution in [0.5, 0.6) is 0 Å². The number of rotatable bonds is 3. The first-order chi connectivity index (χ1) is 9.37. The first-order valence-electron chi connectivity index (χ1n) is 6.96. The predicted molar refractivity (Wildman–Crippen MR) is 83.3 cm³/mol. The summed E-state index contributed by atoms with van der Waals surface area (Å²) in [6.45, 7) is 6.15. The van der Waals surface area contributed by atoms with Gasteiger partial charge < -0.3 is 10.8 Å². The Labute approximate surface area is 121 Å². The van der Waals surface area contributed by atoms with Crippen LogP contribution in [0.2, 0.25) is 0 Å². The largest absolute Gasteiger partial charge is 0.379 e. The summed E-state index contributed by atoms with van der Waals surface area (Å²) in [7, 11) is 0. The van der Waals surface area contributed by atoms with Crippen molar-refractivity contribution < 1.29 is 5.11 Å². The highest BCUT2D eigenvalue weighted by Crippen LogP contribution is 2.38. The molecule has 0 radical (unpaired) electrons. The van der Waals surface area contributed by atoms with Gasteiger partial charge >= 0.3 is 0 Å². The highest BCUT2D eigenvalue weighted by atomic mass is 16.3. The van der Waals surface area contributed by atoms with Crippen LogP contribution in [-0.4, -0.2) is 11.1 Å². The van der Waals surface area contributed by atoms with Crippen molar-refractivity contribution in [1.29, 1.82) is 0 Å². The van der Waals surface area contributed by atoms with Crippen molar-refractivity contribution in [2.45, 2.75) is 32.4 Å². The predicted octanol–water partition coefficient (Wildman–Crippen LogP) is 3.30. The number of nitrogens with two attached hydrogens (primary N) is 1. The lowest BCUT2D eigenvalue weighted by Gasteiger charge is -2.42. The first kappa shape index (κ1) is 14.8. The molecule has 0 aliphatic rings. The number of hydrogen-bond acceptors (Lipinski definition) is 2. The minimum atomic E-state index is -1.19. The zero-order valence-electron chi connectivity index (χ0n) is 12.4. The Hall–Kier alpha value is -1.64. The molecule has 2 nitrogen and oxygen atoms in total. The van der Waals surface area contributed by atoms with Crippen molar-refractivity contribution in [2.75, 3.05) is 0 Å². The van der Waals surface area contributed by atoms with Gasteiger partial charge in [-0.1, -0.05) is 81.4 Å². The van der Waals surface area contributed by atoms with Crippen LogP contribution < -0.4 is 5.73 Å². The highest BCUT2D eigenvalue weighted by Gasteiger charge is 2.43. The lowest BCUT2D eigenvalue weighted by molar-refractivity contribution is 0.0111. The standard InChI is InChI=1S/C18H23NO/c1-17(2,3)16(19)18(20,14-10-6-4-7-11-14)15-12-8-5-9-13-15/h4-13,16,20H,19H2,1-3H3/t16-/m0/s1. The molecule has 1 atom stereocenters. The van der Waals surface area contributed by atoms with Gasteiger partial charge in [0.05, 0.1) is 0 Å². The van der Waals surface area contributed by atoms with E-state index >= 15 is 0 Å². The molecule has 2 heteroatoms. The van der Waals surface area contributed by atoms with E-state index in [1.54, 1.807) is 0 Å². The molecule has 106 valence electrons. The molecule has 0 fully saturated rings. The van der Waals surface area contributed by atoms with Crippen LogP contribution in [0.25, 0.3) is 0 Å². The molecule has 0 amide bonds. The van der Waals surface area contributed by atoms with Gasteiger partial charge in [-0.15, -0.1) is 0 Å². The van der Waals surface area contributed by atoms with Crippen molar-refractivity contribution in [2.24, 2.45) is 11.1 Å². The Morgan fingerprint density at radius 2 is 1.15 bits per heavy atom. The quantitative estimate of drug-likeness (QED) is 0.898. The van der Waals surface area contributed by atoms with E-state index in [1.165, 1.54) is 0 Å². The van der Waals surface area contributed by atoms with E-state index in [1.807, 2.05) is 60.7 Å². The third kappa shape index (κ3) is 2.62. The molecule has 2 aromatic carbocycles. The van der Waals surface area contributed by atoms with Gasteiger partial charge in [0, 0.05) is 6.04 Å². The molecule has 20 heavy (non-hydrogen) atoms. The van der Waals surface area contributed by atoms with Crippen LogP contribution in [0.4, 0.5) is 0 Å². The van der Waals surface area contributed by atoms with Crippen molar-refractivity contribution in [3.05, 3.63) is 71.8 Å². The van der Waals surface area contributed by atoms with Crippen molar-refractivity contribution in [3.8, 4) is 0 Å². The fourth-order valence-electron chi connectivity index (χ4n) is 2.54. The van der Waals surface area contributed by atoms with Crippen LogP contribution in [0, 0.1) is 5.41 Å². The van der Waals surface area contributed by atoms with Crippen LogP contribution in [0.1, 0.15) is 31.9 Å². The maximum absolute atomic E-state index is 11.4. The van der Waals surface area contributed by atoms with Gasteiger partial charge in [-0.3, -0.25) is 0 Å². The average molecular weight is 269 g/mol. The molecule has 0 aromatic heterocycles. The first-order valence-corrected chi connectivity index (χ1v) is 6.96. The topological polar surface area (TPSA) is 46.2 Å². The van der Waals surface area contributed by atoms with Gasteiger partial charge in [0.15, 0.2) is 0 Å². The summed E-state index contributed by atoms with van der Waals surface area (Å²) >= 11 is 0. The third-order valence-electron chi connectivity index (χ3n) is 3.81. The number of hydrogen-bond donors (Lipinski definition) is 2. The molecule has 0 aliphatic heterocycles. The summed E-state index contributed by atoms with van der Waals surface area (Å²) in [5.41, 5.74) is 6.68. The maximum Gasteiger partial charge on any atom is 0.130 e. The van der Waals surface area contributed by atoms with Crippen LogP contribution in [0.3, 0.4) is 0 Å². The second kappa shape index (κ2) is 5.39. The Kier molecular flexibility index (Phi) is 3.98. The van der Waals surface area contributed by atoms with Crippen molar-refractivity contribution >= 4 is 0 Å². The third-order valence-corrected chi connectivity index (χ3v) is 3.81. The average Bonchev–Trinajstić information content (AvgIpc) is 2.46. The number of aliphatic hydroxyl groups is 1.